The lowest BCUT2D eigenvalue weighted by molar-refractivity contribution is 0.675. The van der Waals surface area contributed by atoms with Crippen molar-refractivity contribution in [2.45, 2.75) is 19.3 Å². The molecule has 2 heterocycles. The largest absolute Gasteiger partial charge is 0.309 e. The van der Waals surface area contributed by atoms with Crippen molar-refractivity contribution in [3.8, 4) is 16.8 Å². The lowest BCUT2D eigenvalue weighted by Crippen LogP contribution is -2.13. The first-order chi connectivity index (χ1) is 17.1. The third-order valence-corrected chi connectivity index (χ3v) is 9.41. The molecule has 2 aromatic heterocycles. The molecule has 0 amide bonds. The maximum atomic E-state index is 2.51. The summed E-state index contributed by atoms with van der Waals surface area (Å²) in [4.78, 5) is 1.48. The van der Waals surface area contributed by atoms with Gasteiger partial charge in [-0.05, 0) is 40.6 Å². The fourth-order valence-corrected chi connectivity index (χ4v) is 7.60. The summed E-state index contributed by atoms with van der Waals surface area (Å²) in [5.41, 5.74) is 8.06. The molecule has 1 aliphatic rings. The minimum Gasteiger partial charge on any atom is -0.309 e. The Balaban J connectivity index is 1.60. The number of para-hydroxylation sites is 1. The first-order valence-corrected chi connectivity index (χ1v) is 13.0. The fourth-order valence-electron chi connectivity index (χ4n) is 6.27. The molecular weight excluding hydrogens is 442 g/mol. The van der Waals surface area contributed by atoms with Gasteiger partial charge in [-0.25, -0.2) is 0 Å². The second-order valence-corrected chi connectivity index (χ2v) is 11.2. The zero-order chi connectivity index (χ0) is 23.3. The summed E-state index contributed by atoms with van der Waals surface area (Å²) in [6, 6.07) is 38.0. The van der Waals surface area contributed by atoms with Gasteiger partial charge in [0.25, 0.3) is 0 Å². The average Bonchev–Trinajstić information content (AvgIpc) is 3.51. The number of aromatic nitrogens is 1. The van der Waals surface area contributed by atoms with Gasteiger partial charge < -0.3 is 4.57 Å². The molecule has 0 spiro atoms. The van der Waals surface area contributed by atoms with Crippen LogP contribution in [0.5, 0.6) is 0 Å². The van der Waals surface area contributed by atoms with Crippen LogP contribution in [0.2, 0.25) is 0 Å². The van der Waals surface area contributed by atoms with E-state index >= 15 is 0 Å². The highest BCUT2D eigenvalue weighted by atomic mass is 32.1. The van der Waals surface area contributed by atoms with E-state index in [1.54, 1.807) is 0 Å². The molecule has 35 heavy (non-hydrogen) atoms. The lowest BCUT2D eigenvalue weighted by atomic mass is 9.86. The van der Waals surface area contributed by atoms with Gasteiger partial charge in [0.1, 0.15) is 0 Å². The number of hydrogen-bond acceptors (Lipinski definition) is 1. The highest BCUT2D eigenvalue weighted by Crippen LogP contribution is 2.58. The Morgan fingerprint density at radius 2 is 1.37 bits per heavy atom. The van der Waals surface area contributed by atoms with Crippen LogP contribution in [0, 0.1) is 0 Å². The summed E-state index contributed by atoms with van der Waals surface area (Å²) in [6.07, 6.45) is 0. The van der Waals surface area contributed by atoms with E-state index in [1.165, 1.54) is 69.9 Å². The van der Waals surface area contributed by atoms with Crippen LogP contribution >= 0.6 is 11.3 Å². The molecule has 2 heteroatoms. The topological polar surface area (TPSA) is 4.93 Å². The molecule has 1 aliphatic carbocycles. The molecule has 0 atom stereocenters. The normalized spacial score (nSPS) is 14.2. The summed E-state index contributed by atoms with van der Waals surface area (Å²) in [7, 11) is 0. The molecule has 5 aromatic carbocycles. The van der Waals surface area contributed by atoms with E-state index in [0.717, 1.165) is 0 Å². The number of rotatable bonds is 1. The van der Waals surface area contributed by atoms with E-state index in [0.29, 0.717) is 0 Å². The molecular formula is C33H23NS. The molecule has 0 fully saturated rings. The van der Waals surface area contributed by atoms with Crippen molar-refractivity contribution in [2.24, 2.45) is 0 Å². The minimum atomic E-state index is -0.0206. The molecule has 0 bridgehead atoms. The van der Waals surface area contributed by atoms with Crippen LogP contribution in [0.4, 0.5) is 0 Å². The molecule has 7 aromatic rings. The first kappa shape index (κ1) is 19.4. The predicted molar refractivity (Wildman–Crippen MR) is 151 cm³/mol. The first-order valence-electron chi connectivity index (χ1n) is 12.2. The van der Waals surface area contributed by atoms with Crippen LogP contribution in [-0.2, 0) is 5.41 Å². The van der Waals surface area contributed by atoms with Crippen molar-refractivity contribution >= 4 is 54.0 Å². The zero-order valence-electron chi connectivity index (χ0n) is 19.7. The number of nitrogens with zero attached hydrogens (tertiary/aromatic N) is 1. The maximum Gasteiger partial charge on any atom is 0.0623 e. The monoisotopic (exact) mass is 465 g/mol. The standard InChI is InChI=1S/C33H23NS/c1-33(2)26-18-17-24-23-11-5-7-13-27(23)34(22-16-15-20-9-3-4-10-21(20)19-22)31(24)30(26)29-25-12-6-8-14-28(25)35-32(29)33/h3-19H,1-2H3. The Morgan fingerprint density at radius 3 is 2.26 bits per heavy atom. The SMILES string of the molecule is CC1(C)c2ccc3c4ccccc4n(-c4ccc5ccccc5c4)c3c2-c2c1sc1ccccc21. The zero-order valence-corrected chi connectivity index (χ0v) is 20.5. The molecule has 0 saturated heterocycles. The van der Waals surface area contributed by atoms with E-state index in [1.807, 2.05) is 11.3 Å². The van der Waals surface area contributed by atoms with Crippen molar-refractivity contribution in [1.29, 1.82) is 0 Å². The Labute approximate surface area is 207 Å². The predicted octanol–water partition coefficient (Wildman–Crippen LogP) is 9.46. The molecule has 0 saturated carbocycles. The number of hydrogen-bond donors (Lipinski definition) is 0. The van der Waals surface area contributed by atoms with E-state index in [2.05, 4.69) is 122 Å². The summed E-state index contributed by atoms with van der Waals surface area (Å²) in [5, 5.41) is 6.55. The Morgan fingerprint density at radius 1 is 0.629 bits per heavy atom. The molecule has 0 aliphatic heterocycles. The van der Waals surface area contributed by atoms with Crippen molar-refractivity contribution in [3.05, 3.63) is 114 Å². The van der Waals surface area contributed by atoms with E-state index in [4.69, 9.17) is 0 Å². The van der Waals surface area contributed by atoms with Gasteiger partial charge in [0.2, 0.25) is 0 Å². The van der Waals surface area contributed by atoms with Crippen LogP contribution in [0.3, 0.4) is 0 Å². The molecule has 0 N–H and O–H groups in total. The molecule has 1 nitrogen and oxygen atoms in total. The summed E-state index contributed by atoms with van der Waals surface area (Å²) in [5.74, 6) is 0. The van der Waals surface area contributed by atoms with Gasteiger partial charge in [-0.2, -0.15) is 0 Å². The van der Waals surface area contributed by atoms with Crippen LogP contribution < -0.4 is 0 Å². The van der Waals surface area contributed by atoms with Gasteiger partial charge in [0, 0.05) is 48.0 Å². The highest BCUT2D eigenvalue weighted by molar-refractivity contribution is 7.20. The van der Waals surface area contributed by atoms with Gasteiger partial charge in [-0.15, -0.1) is 11.3 Å². The number of benzene rings is 5. The van der Waals surface area contributed by atoms with E-state index in [-0.39, 0.29) is 5.41 Å². The summed E-state index contributed by atoms with van der Waals surface area (Å²) >= 11 is 1.96. The summed E-state index contributed by atoms with van der Waals surface area (Å²) < 4.78 is 3.88. The average molecular weight is 466 g/mol. The Bertz CT molecular complexity index is 1980. The van der Waals surface area contributed by atoms with Crippen molar-refractivity contribution in [3.63, 3.8) is 0 Å². The maximum absolute atomic E-state index is 2.51. The van der Waals surface area contributed by atoms with Crippen LogP contribution in [-0.4, -0.2) is 4.57 Å². The molecule has 8 rings (SSSR count). The second kappa shape index (κ2) is 6.62. The van der Waals surface area contributed by atoms with Crippen LogP contribution in [0.1, 0.15) is 24.3 Å². The third-order valence-electron chi connectivity index (χ3n) is 7.91. The van der Waals surface area contributed by atoms with Crippen LogP contribution in [0.25, 0.3) is 59.5 Å². The smallest absolute Gasteiger partial charge is 0.0623 e. The molecule has 166 valence electrons. The van der Waals surface area contributed by atoms with Gasteiger partial charge in [0.05, 0.1) is 11.0 Å². The third kappa shape index (κ3) is 2.42. The van der Waals surface area contributed by atoms with E-state index < -0.39 is 0 Å². The van der Waals surface area contributed by atoms with Crippen molar-refractivity contribution < 1.29 is 0 Å². The van der Waals surface area contributed by atoms with Crippen molar-refractivity contribution in [2.75, 3.05) is 0 Å². The highest BCUT2D eigenvalue weighted by Gasteiger charge is 2.40. The minimum absolute atomic E-state index is 0.0206. The lowest BCUT2D eigenvalue weighted by Gasteiger charge is -2.20. The van der Waals surface area contributed by atoms with Gasteiger partial charge in [-0.1, -0.05) is 92.7 Å². The fraction of sp³-hybridized carbons (Fsp3) is 0.0909. The van der Waals surface area contributed by atoms with Crippen LogP contribution in [0.15, 0.2) is 103 Å². The Kier molecular flexibility index (Phi) is 3.67. The molecule has 0 unspecified atom stereocenters. The quantitative estimate of drug-likeness (QED) is 0.227. The molecule has 0 radical (unpaired) electrons. The van der Waals surface area contributed by atoms with Gasteiger partial charge in [-0.3, -0.25) is 0 Å². The van der Waals surface area contributed by atoms with E-state index in [9.17, 15) is 0 Å². The Hall–Kier alpha value is -3.88. The second-order valence-electron chi connectivity index (χ2n) is 10.2. The summed E-state index contributed by atoms with van der Waals surface area (Å²) in [6.45, 7) is 4.78. The van der Waals surface area contributed by atoms with Gasteiger partial charge >= 0.3 is 0 Å². The van der Waals surface area contributed by atoms with Gasteiger partial charge in [0.15, 0.2) is 0 Å². The number of fused-ring (bicyclic) bond motifs is 10. The van der Waals surface area contributed by atoms with Crippen molar-refractivity contribution in [1.82, 2.24) is 4.57 Å². The number of thiophene rings is 1.